The number of ether oxygens (including phenoxy) is 1. The zero-order valence-electron chi connectivity index (χ0n) is 13.2. The van der Waals surface area contributed by atoms with Crippen LogP contribution in [0.5, 0.6) is 0 Å². The van der Waals surface area contributed by atoms with Gasteiger partial charge in [0.1, 0.15) is 0 Å². The SMILES string of the molecule is Cc1cc(NC(=O)N2CCO[C@@H](C)[C@H]2C)c2ncccc2c1. The normalized spacial score (nSPS) is 21.9. The van der Waals surface area contributed by atoms with Crippen LogP contribution >= 0.6 is 0 Å². The minimum Gasteiger partial charge on any atom is -0.375 e. The number of carbonyl (C=O) groups is 1. The number of aryl methyl sites for hydroxylation is 1. The highest BCUT2D eigenvalue weighted by atomic mass is 16.5. The molecule has 0 aliphatic carbocycles. The predicted molar refractivity (Wildman–Crippen MR) is 87.1 cm³/mol. The van der Waals surface area contributed by atoms with E-state index >= 15 is 0 Å². The van der Waals surface area contributed by atoms with E-state index in [9.17, 15) is 4.79 Å². The van der Waals surface area contributed by atoms with Crippen molar-refractivity contribution in [2.45, 2.75) is 32.9 Å². The Labute approximate surface area is 130 Å². The lowest BCUT2D eigenvalue weighted by Crippen LogP contribution is -2.52. The van der Waals surface area contributed by atoms with E-state index in [1.165, 1.54) is 0 Å². The second-order valence-electron chi connectivity index (χ2n) is 5.83. The molecule has 0 saturated carbocycles. The first-order valence-electron chi connectivity index (χ1n) is 7.61. The number of urea groups is 1. The van der Waals surface area contributed by atoms with Crippen molar-refractivity contribution >= 4 is 22.6 Å². The highest BCUT2D eigenvalue weighted by Gasteiger charge is 2.29. The van der Waals surface area contributed by atoms with Gasteiger partial charge in [0.15, 0.2) is 0 Å². The zero-order chi connectivity index (χ0) is 15.7. The Morgan fingerprint density at radius 2 is 2.23 bits per heavy atom. The second kappa shape index (κ2) is 5.93. The number of morpholine rings is 1. The van der Waals surface area contributed by atoms with Gasteiger partial charge in [-0.15, -0.1) is 0 Å². The molecule has 3 rings (SSSR count). The minimum atomic E-state index is -0.0970. The molecule has 5 nitrogen and oxygen atoms in total. The number of pyridine rings is 1. The maximum Gasteiger partial charge on any atom is 0.322 e. The van der Waals surface area contributed by atoms with Crippen LogP contribution in [0.2, 0.25) is 0 Å². The summed E-state index contributed by atoms with van der Waals surface area (Å²) < 4.78 is 5.58. The number of aromatic nitrogens is 1. The molecule has 2 atom stereocenters. The summed E-state index contributed by atoms with van der Waals surface area (Å²) >= 11 is 0. The molecule has 0 spiro atoms. The summed E-state index contributed by atoms with van der Waals surface area (Å²) in [5.74, 6) is 0. The highest BCUT2D eigenvalue weighted by Crippen LogP contribution is 2.24. The second-order valence-corrected chi connectivity index (χ2v) is 5.83. The minimum absolute atomic E-state index is 0.0480. The topological polar surface area (TPSA) is 54.5 Å². The maximum absolute atomic E-state index is 12.6. The van der Waals surface area contributed by atoms with Gasteiger partial charge in [-0.2, -0.15) is 0 Å². The van der Waals surface area contributed by atoms with Crippen molar-refractivity contribution in [1.82, 2.24) is 9.88 Å². The lowest BCUT2D eigenvalue weighted by atomic mass is 10.1. The van der Waals surface area contributed by atoms with E-state index in [-0.39, 0.29) is 18.2 Å². The van der Waals surface area contributed by atoms with Gasteiger partial charge in [0, 0.05) is 18.1 Å². The standard InChI is InChI=1S/C17H21N3O2/c1-11-9-14-5-4-6-18-16(14)15(10-11)19-17(21)20-7-8-22-13(3)12(20)2/h4-6,9-10,12-13H,7-8H2,1-3H3,(H,19,21)/t12-,13+/m1/s1. The van der Waals surface area contributed by atoms with Crippen LogP contribution < -0.4 is 5.32 Å². The zero-order valence-corrected chi connectivity index (χ0v) is 13.2. The van der Waals surface area contributed by atoms with Crippen LogP contribution in [-0.2, 0) is 4.74 Å². The highest BCUT2D eigenvalue weighted by molar-refractivity contribution is 6.00. The van der Waals surface area contributed by atoms with Crippen molar-refractivity contribution in [3.63, 3.8) is 0 Å². The molecule has 1 aliphatic rings. The number of benzene rings is 1. The molecule has 2 heterocycles. The van der Waals surface area contributed by atoms with E-state index in [1.54, 1.807) is 6.20 Å². The van der Waals surface area contributed by atoms with Crippen LogP contribution in [0, 0.1) is 6.92 Å². The molecule has 5 heteroatoms. The summed E-state index contributed by atoms with van der Waals surface area (Å²) in [7, 11) is 0. The van der Waals surface area contributed by atoms with Crippen molar-refractivity contribution in [1.29, 1.82) is 0 Å². The Morgan fingerprint density at radius 3 is 3.05 bits per heavy atom. The monoisotopic (exact) mass is 299 g/mol. The molecule has 1 aliphatic heterocycles. The fourth-order valence-corrected chi connectivity index (χ4v) is 2.84. The van der Waals surface area contributed by atoms with E-state index in [4.69, 9.17) is 4.74 Å². The smallest absolute Gasteiger partial charge is 0.322 e. The number of fused-ring (bicyclic) bond motifs is 1. The molecule has 1 aromatic heterocycles. The van der Waals surface area contributed by atoms with Gasteiger partial charge in [-0.25, -0.2) is 4.79 Å². The first-order valence-corrected chi connectivity index (χ1v) is 7.61. The van der Waals surface area contributed by atoms with Crippen molar-refractivity contribution < 1.29 is 9.53 Å². The Kier molecular flexibility index (Phi) is 3.98. The van der Waals surface area contributed by atoms with Crippen LogP contribution in [0.1, 0.15) is 19.4 Å². The van der Waals surface area contributed by atoms with E-state index < -0.39 is 0 Å². The number of nitrogens with one attached hydrogen (secondary N) is 1. The van der Waals surface area contributed by atoms with Gasteiger partial charge in [0.2, 0.25) is 0 Å². The van der Waals surface area contributed by atoms with Gasteiger partial charge < -0.3 is 15.0 Å². The molecule has 1 aromatic carbocycles. The molecule has 1 saturated heterocycles. The number of anilines is 1. The third-order valence-electron chi connectivity index (χ3n) is 4.24. The third kappa shape index (κ3) is 2.76. The number of carbonyl (C=O) groups excluding carboxylic acids is 1. The van der Waals surface area contributed by atoms with E-state index in [1.807, 2.05) is 43.9 Å². The van der Waals surface area contributed by atoms with Gasteiger partial charge >= 0.3 is 6.03 Å². The Morgan fingerprint density at radius 1 is 1.41 bits per heavy atom. The summed E-state index contributed by atoms with van der Waals surface area (Å²) in [5, 5.41) is 4.04. The molecule has 22 heavy (non-hydrogen) atoms. The van der Waals surface area contributed by atoms with Crippen LogP contribution in [0.3, 0.4) is 0 Å². The molecule has 0 unspecified atom stereocenters. The summed E-state index contributed by atoms with van der Waals surface area (Å²) in [6.45, 7) is 7.20. The lowest BCUT2D eigenvalue weighted by molar-refractivity contribution is -0.0355. The molecule has 0 radical (unpaired) electrons. The van der Waals surface area contributed by atoms with Crippen LogP contribution in [0.4, 0.5) is 10.5 Å². The third-order valence-corrected chi connectivity index (χ3v) is 4.24. The number of amides is 2. The molecule has 1 fully saturated rings. The fourth-order valence-electron chi connectivity index (χ4n) is 2.84. The maximum atomic E-state index is 12.6. The van der Waals surface area contributed by atoms with Crippen LogP contribution in [0.25, 0.3) is 10.9 Å². The van der Waals surface area contributed by atoms with E-state index in [2.05, 4.69) is 16.4 Å². The number of rotatable bonds is 1. The van der Waals surface area contributed by atoms with Crippen LogP contribution in [-0.4, -0.2) is 41.2 Å². The molecule has 116 valence electrons. The van der Waals surface area contributed by atoms with Gasteiger partial charge in [0.05, 0.1) is 30.0 Å². The Balaban J connectivity index is 1.88. The molecule has 0 bridgehead atoms. The van der Waals surface area contributed by atoms with Gasteiger partial charge in [-0.3, -0.25) is 4.98 Å². The quantitative estimate of drug-likeness (QED) is 0.880. The van der Waals surface area contributed by atoms with Gasteiger partial charge in [-0.05, 0) is 44.5 Å². The van der Waals surface area contributed by atoms with Crippen molar-refractivity contribution in [3.8, 4) is 0 Å². The lowest BCUT2D eigenvalue weighted by Gasteiger charge is -2.37. The van der Waals surface area contributed by atoms with Crippen molar-refractivity contribution in [2.24, 2.45) is 0 Å². The first kappa shape index (κ1) is 14.8. The predicted octanol–water partition coefficient (Wildman–Crippen LogP) is 3.18. The summed E-state index contributed by atoms with van der Waals surface area (Å²) in [5.41, 5.74) is 2.67. The summed E-state index contributed by atoms with van der Waals surface area (Å²) in [4.78, 5) is 18.8. The van der Waals surface area contributed by atoms with Crippen molar-refractivity contribution in [2.75, 3.05) is 18.5 Å². The van der Waals surface area contributed by atoms with Gasteiger partial charge in [0.25, 0.3) is 0 Å². The largest absolute Gasteiger partial charge is 0.375 e. The number of hydrogen-bond acceptors (Lipinski definition) is 3. The summed E-state index contributed by atoms with van der Waals surface area (Å²) in [6.07, 6.45) is 1.79. The molecule has 2 aromatic rings. The number of nitrogens with zero attached hydrogens (tertiary/aromatic N) is 2. The molecular weight excluding hydrogens is 278 g/mol. The van der Waals surface area contributed by atoms with E-state index in [0.717, 1.165) is 22.2 Å². The number of hydrogen-bond donors (Lipinski definition) is 1. The average molecular weight is 299 g/mol. The Bertz CT molecular complexity index is 701. The average Bonchev–Trinajstić information content (AvgIpc) is 2.49. The Hall–Kier alpha value is -2.14. The molecule has 2 amide bonds. The van der Waals surface area contributed by atoms with Crippen molar-refractivity contribution in [3.05, 3.63) is 36.0 Å². The molecular formula is C17H21N3O2. The fraction of sp³-hybridized carbons (Fsp3) is 0.412. The van der Waals surface area contributed by atoms with E-state index in [0.29, 0.717) is 13.2 Å². The van der Waals surface area contributed by atoms with Crippen LogP contribution in [0.15, 0.2) is 30.5 Å². The first-order chi connectivity index (χ1) is 10.6. The molecule has 1 N–H and O–H groups in total. The van der Waals surface area contributed by atoms with Gasteiger partial charge in [-0.1, -0.05) is 6.07 Å². The summed E-state index contributed by atoms with van der Waals surface area (Å²) in [6, 6.07) is 7.89.